The van der Waals surface area contributed by atoms with Crippen molar-refractivity contribution in [3.8, 4) is 0 Å². The van der Waals surface area contributed by atoms with Crippen molar-refractivity contribution in [3.05, 3.63) is 0 Å². The standard InChI is InChI=1S/C14H22O8S/c1-5-23-13-12(21-9(4)17)11(22-14(13)18)10(20-8(3)16)6-19-7(2)15/h10-14,18H,5-6H2,1-4H3/t10-,11+,12+,13+,14+/m1/s1. The summed E-state index contributed by atoms with van der Waals surface area (Å²) in [4.78, 5) is 33.6. The molecule has 0 bridgehead atoms. The summed E-state index contributed by atoms with van der Waals surface area (Å²) in [6.07, 6.45) is -3.93. The van der Waals surface area contributed by atoms with Crippen molar-refractivity contribution >= 4 is 29.7 Å². The molecule has 23 heavy (non-hydrogen) atoms. The second-order valence-corrected chi connectivity index (χ2v) is 6.39. The number of esters is 3. The third kappa shape index (κ3) is 6.00. The highest BCUT2D eigenvalue weighted by molar-refractivity contribution is 8.00. The summed E-state index contributed by atoms with van der Waals surface area (Å²) in [7, 11) is 0. The lowest BCUT2D eigenvalue weighted by molar-refractivity contribution is -0.182. The van der Waals surface area contributed by atoms with Crippen LogP contribution in [0.3, 0.4) is 0 Å². The number of carbonyl (C=O) groups is 3. The van der Waals surface area contributed by atoms with Crippen LogP contribution < -0.4 is 0 Å². The van der Waals surface area contributed by atoms with E-state index in [4.69, 9.17) is 18.9 Å². The minimum absolute atomic E-state index is 0.256. The molecule has 0 spiro atoms. The van der Waals surface area contributed by atoms with Crippen LogP contribution in [0, 0.1) is 0 Å². The fourth-order valence-corrected chi connectivity index (χ4v) is 3.28. The third-order valence-electron chi connectivity index (χ3n) is 3.02. The molecule has 1 fully saturated rings. The van der Waals surface area contributed by atoms with Crippen molar-refractivity contribution in [1.29, 1.82) is 0 Å². The molecule has 0 aromatic rings. The van der Waals surface area contributed by atoms with E-state index in [2.05, 4.69) is 0 Å². The van der Waals surface area contributed by atoms with Gasteiger partial charge in [0.25, 0.3) is 0 Å². The molecule has 5 atom stereocenters. The van der Waals surface area contributed by atoms with Gasteiger partial charge in [0.05, 0.1) is 5.25 Å². The molecule has 0 amide bonds. The molecule has 0 saturated carbocycles. The van der Waals surface area contributed by atoms with E-state index in [1.165, 1.54) is 32.5 Å². The topological polar surface area (TPSA) is 108 Å². The molecule has 1 saturated heterocycles. The molecule has 1 rings (SSSR count). The normalized spacial score (nSPS) is 28.0. The predicted octanol–water partition coefficient (Wildman–Crippen LogP) is 0.252. The second kappa shape index (κ2) is 9.09. The Morgan fingerprint density at radius 2 is 1.83 bits per heavy atom. The molecule has 1 aliphatic heterocycles. The van der Waals surface area contributed by atoms with Gasteiger partial charge in [0.15, 0.2) is 12.4 Å². The number of thioether (sulfide) groups is 1. The lowest BCUT2D eigenvalue weighted by atomic mass is 10.1. The van der Waals surface area contributed by atoms with Crippen LogP contribution in [0.1, 0.15) is 27.7 Å². The Labute approximate surface area is 138 Å². The zero-order valence-corrected chi connectivity index (χ0v) is 14.3. The lowest BCUT2D eigenvalue weighted by Crippen LogP contribution is -2.45. The average Bonchev–Trinajstić information content (AvgIpc) is 2.71. The largest absolute Gasteiger partial charge is 0.462 e. The van der Waals surface area contributed by atoms with Gasteiger partial charge in [0, 0.05) is 20.8 Å². The molecule has 1 aliphatic rings. The maximum Gasteiger partial charge on any atom is 0.303 e. The van der Waals surface area contributed by atoms with Crippen molar-refractivity contribution in [2.45, 2.75) is 57.5 Å². The van der Waals surface area contributed by atoms with Crippen molar-refractivity contribution < 1.29 is 38.4 Å². The van der Waals surface area contributed by atoms with Gasteiger partial charge in [-0.3, -0.25) is 14.4 Å². The Morgan fingerprint density at radius 3 is 2.30 bits per heavy atom. The first kappa shape index (κ1) is 19.7. The Kier molecular flexibility index (Phi) is 7.80. The van der Waals surface area contributed by atoms with Crippen molar-refractivity contribution in [2.24, 2.45) is 0 Å². The molecule has 8 nitrogen and oxygen atoms in total. The van der Waals surface area contributed by atoms with Crippen LogP contribution in [0.4, 0.5) is 0 Å². The van der Waals surface area contributed by atoms with E-state index < -0.39 is 47.8 Å². The van der Waals surface area contributed by atoms with E-state index in [0.29, 0.717) is 5.75 Å². The van der Waals surface area contributed by atoms with Crippen LogP contribution in [0.2, 0.25) is 0 Å². The van der Waals surface area contributed by atoms with Gasteiger partial charge in [-0.2, -0.15) is 0 Å². The molecule has 0 aromatic heterocycles. The van der Waals surface area contributed by atoms with Gasteiger partial charge >= 0.3 is 17.9 Å². The first-order valence-electron chi connectivity index (χ1n) is 7.19. The minimum atomic E-state index is -1.19. The fraction of sp³-hybridized carbons (Fsp3) is 0.786. The zero-order valence-electron chi connectivity index (χ0n) is 13.5. The van der Waals surface area contributed by atoms with E-state index in [1.807, 2.05) is 6.92 Å². The highest BCUT2D eigenvalue weighted by Gasteiger charge is 2.50. The highest BCUT2D eigenvalue weighted by atomic mass is 32.2. The number of hydrogen-bond donors (Lipinski definition) is 1. The van der Waals surface area contributed by atoms with Crippen LogP contribution in [-0.4, -0.2) is 65.2 Å². The summed E-state index contributed by atoms with van der Waals surface area (Å²) >= 11 is 1.36. The first-order valence-corrected chi connectivity index (χ1v) is 8.24. The van der Waals surface area contributed by atoms with E-state index in [0.717, 1.165) is 0 Å². The molecule has 0 aliphatic carbocycles. The lowest BCUT2D eigenvalue weighted by Gasteiger charge is -2.27. The molecule has 0 unspecified atom stereocenters. The summed E-state index contributed by atoms with van der Waals surface area (Å²) in [6, 6.07) is 0. The number of aliphatic hydroxyl groups excluding tert-OH is 1. The number of hydrogen-bond acceptors (Lipinski definition) is 9. The SMILES string of the molecule is CCS[C@H]1[C@@H](OC(C)=O)[C@H]([C@@H](COC(C)=O)OC(C)=O)O[C@@H]1O. The van der Waals surface area contributed by atoms with Gasteiger partial charge in [-0.25, -0.2) is 0 Å². The van der Waals surface area contributed by atoms with Gasteiger partial charge in [-0.1, -0.05) is 6.92 Å². The van der Waals surface area contributed by atoms with Crippen molar-refractivity contribution in [2.75, 3.05) is 12.4 Å². The van der Waals surface area contributed by atoms with Crippen LogP contribution >= 0.6 is 11.8 Å². The molecule has 0 aromatic carbocycles. The van der Waals surface area contributed by atoms with Crippen LogP contribution in [0.25, 0.3) is 0 Å². The van der Waals surface area contributed by atoms with E-state index in [-0.39, 0.29) is 6.61 Å². The molecule has 1 N–H and O–H groups in total. The van der Waals surface area contributed by atoms with Crippen LogP contribution in [-0.2, 0) is 33.3 Å². The van der Waals surface area contributed by atoms with E-state index >= 15 is 0 Å². The van der Waals surface area contributed by atoms with Gasteiger partial charge in [0.2, 0.25) is 0 Å². The van der Waals surface area contributed by atoms with E-state index in [9.17, 15) is 19.5 Å². The highest BCUT2D eigenvalue weighted by Crippen LogP contribution is 2.34. The zero-order chi connectivity index (χ0) is 17.6. The van der Waals surface area contributed by atoms with Gasteiger partial charge in [0.1, 0.15) is 18.8 Å². The number of carbonyl (C=O) groups excluding carboxylic acids is 3. The van der Waals surface area contributed by atoms with Gasteiger partial charge in [-0.05, 0) is 5.75 Å². The maximum absolute atomic E-state index is 11.4. The Balaban J connectivity index is 2.96. The van der Waals surface area contributed by atoms with Crippen LogP contribution in [0.15, 0.2) is 0 Å². The summed E-state index contributed by atoms with van der Waals surface area (Å²) < 4.78 is 20.7. The van der Waals surface area contributed by atoms with Gasteiger partial charge in [-0.15, -0.1) is 11.8 Å². The summed E-state index contributed by atoms with van der Waals surface area (Å²) in [5.41, 5.74) is 0. The third-order valence-corrected chi connectivity index (χ3v) is 4.24. The first-order chi connectivity index (χ1) is 10.8. The summed E-state index contributed by atoms with van der Waals surface area (Å²) in [5.74, 6) is -1.04. The second-order valence-electron chi connectivity index (χ2n) is 4.94. The molecule has 0 radical (unpaired) electrons. The molecule has 9 heteroatoms. The molecular weight excluding hydrogens is 328 g/mol. The average molecular weight is 350 g/mol. The quantitative estimate of drug-likeness (QED) is 0.510. The Morgan fingerprint density at radius 1 is 1.17 bits per heavy atom. The minimum Gasteiger partial charge on any atom is -0.462 e. The Bertz CT molecular complexity index is 440. The molecule has 132 valence electrons. The summed E-state index contributed by atoms with van der Waals surface area (Å²) in [5, 5.41) is 9.53. The fourth-order valence-electron chi connectivity index (χ4n) is 2.27. The van der Waals surface area contributed by atoms with E-state index in [1.54, 1.807) is 0 Å². The summed E-state index contributed by atoms with van der Waals surface area (Å²) in [6.45, 7) is 5.29. The van der Waals surface area contributed by atoms with Gasteiger partial charge < -0.3 is 24.1 Å². The Hall–Kier alpha value is -1.32. The van der Waals surface area contributed by atoms with Crippen molar-refractivity contribution in [1.82, 2.24) is 0 Å². The molecular formula is C14H22O8S. The molecule has 1 heterocycles. The van der Waals surface area contributed by atoms with Crippen LogP contribution in [0.5, 0.6) is 0 Å². The number of ether oxygens (including phenoxy) is 4. The van der Waals surface area contributed by atoms with Crippen molar-refractivity contribution in [3.63, 3.8) is 0 Å². The number of rotatable bonds is 7. The predicted molar refractivity (Wildman–Crippen MR) is 80.5 cm³/mol. The maximum atomic E-state index is 11.4. The number of aliphatic hydroxyl groups is 1. The monoisotopic (exact) mass is 350 g/mol. The smallest absolute Gasteiger partial charge is 0.303 e.